The van der Waals surface area contributed by atoms with Crippen molar-refractivity contribution in [3.63, 3.8) is 0 Å². The van der Waals surface area contributed by atoms with E-state index in [9.17, 15) is 5.11 Å². The lowest BCUT2D eigenvalue weighted by molar-refractivity contribution is -0.0282. The summed E-state index contributed by atoms with van der Waals surface area (Å²) >= 11 is 2.05. The van der Waals surface area contributed by atoms with Crippen molar-refractivity contribution in [2.45, 2.75) is 71.4 Å². The Balaban J connectivity index is 1.85. The highest BCUT2D eigenvalue weighted by Crippen LogP contribution is 2.40. The van der Waals surface area contributed by atoms with Crippen LogP contribution in [0.3, 0.4) is 0 Å². The molecular weight excluding hydrogens is 254 g/mol. The molecule has 2 rings (SSSR count). The summed E-state index contributed by atoms with van der Waals surface area (Å²) in [6, 6.07) is 0.546. The van der Waals surface area contributed by atoms with Gasteiger partial charge < -0.3 is 10.4 Å². The summed E-state index contributed by atoms with van der Waals surface area (Å²) in [5.41, 5.74) is 0.329. The molecule has 2 fully saturated rings. The van der Waals surface area contributed by atoms with Gasteiger partial charge in [0.25, 0.3) is 0 Å². The van der Waals surface area contributed by atoms with Gasteiger partial charge in [0.1, 0.15) is 0 Å². The molecule has 2 nitrogen and oxygen atoms in total. The van der Waals surface area contributed by atoms with Gasteiger partial charge in [-0.1, -0.05) is 27.7 Å². The summed E-state index contributed by atoms with van der Waals surface area (Å²) in [6.07, 6.45) is 5.48. The second-order valence-electron chi connectivity index (χ2n) is 8.14. The van der Waals surface area contributed by atoms with E-state index in [1.54, 1.807) is 0 Å². The first kappa shape index (κ1) is 15.7. The third kappa shape index (κ3) is 4.12. The number of aliphatic hydroxyl groups is 1. The number of thioether (sulfide) groups is 1. The van der Waals surface area contributed by atoms with Crippen LogP contribution in [0.15, 0.2) is 0 Å². The predicted molar refractivity (Wildman–Crippen MR) is 84.7 cm³/mol. The van der Waals surface area contributed by atoms with Crippen molar-refractivity contribution in [3.05, 3.63) is 0 Å². The monoisotopic (exact) mass is 285 g/mol. The van der Waals surface area contributed by atoms with Crippen molar-refractivity contribution in [1.82, 2.24) is 5.32 Å². The lowest BCUT2D eigenvalue weighted by Crippen LogP contribution is -2.53. The minimum absolute atomic E-state index is 0.371. The Labute approximate surface area is 123 Å². The van der Waals surface area contributed by atoms with Crippen molar-refractivity contribution in [2.24, 2.45) is 10.8 Å². The van der Waals surface area contributed by atoms with Gasteiger partial charge in [0.15, 0.2) is 0 Å². The smallest absolute Gasteiger partial charge is 0.0772 e. The molecule has 0 aromatic carbocycles. The average molecular weight is 285 g/mol. The molecule has 0 amide bonds. The van der Waals surface area contributed by atoms with Gasteiger partial charge >= 0.3 is 0 Å². The van der Waals surface area contributed by atoms with Gasteiger partial charge in [-0.3, -0.25) is 0 Å². The molecule has 2 aliphatic rings. The molecule has 0 spiro atoms. The molecule has 1 saturated carbocycles. The Bertz CT molecular complexity index is 304. The van der Waals surface area contributed by atoms with Crippen molar-refractivity contribution >= 4 is 11.8 Å². The molecule has 0 bridgehead atoms. The lowest BCUT2D eigenvalue weighted by atomic mass is 9.71. The molecule has 3 heteroatoms. The number of rotatable bonds is 3. The number of hydrogen-bond acceptors (Lipinski definition) is 3. The Morgan fingerprint density at radius 3 is 2.26 bits per heavy atom. The maximum absolute atomic E-state index is 10.7. The molecule has 2 N–H and O–H groups in total. The topological polar surface area (TPSA) is 32.3 Å². The SMILES string of the molecule is CC1(C)CCC(O)(CNC2CSCCC2(C)C)CC1. The molecule has 19 heavy (non-hydrogen) atoms. The highest BCUT2D eigenvalue weighted by atomic mass is 32.2. The second-order valence-corrected chi connectivity index (χ2v) is 9.29. The zero-order valence-electron chi connectivity index (χ0n) is 13.1. The summed E-state index contributed by atoms with van der Waals surface area (Å²) in [5.74, 6) is 2.47. The molecule has 1 aliphatic heterocycles. The van der Waals surface area contributed by atoms with E-state index in [1.165, 1.54) is 17.9 Å². The Morgan fingerprint density at radius 1 is 1.05 bits per heavy atom. The van der Waals surface area contributed by atoms with Gasteiger partial charge in [0.2, 0.25) is 0 Å². The summed E-state index contributed by atoms with van der Waals surface area (Å²) in [4.78, 5) is 0. The van der Waals surface area contributed by atoms with Gasteiger partial charge in [0.05, 0.1) is 5.60 Å². The van der Waals surface area contributed by atoms with Gasteiger partial charge in [0, 0.05) is 18.3 Å². The maximum atomic E-state index is 10.7. The lowest BCUT2D eigenvalue weighted by Gasteiger charge is -2.44. The molecular formula is C16H31NOS. The first-order valence-corrected chi connectivity index (χ1v) is 8.92. The zero-order valence-corrected chi connectivity index (χ0v) is 13.9. The standard InChI is InChI=1S/C16H31NOS/c1-14(2)5-7-16(18,8-6-14)12-17-13-11-19-10-9-15(13,3)4/h13,17-18H,5-12H2,1-4H3. The van der Waals surface area contributed by atoms with Crippen LogP contribution in [-0.4, -0.2) is 34.8 Å². The van der Waals surface area contributed by atoms with E-state index >= 15 is 0 Å². The fourth-order valence-corrected chi connectivity index (χ4v) is 4.80. The summed E-state index contributed by atoms with van der Waals surface area (Å²) in [6.45, 7) is 10.1. The first-order valence-electron chi connectivity index (χ1n) is 7.76. The quantitative estimate of drug-likeness (QED) is 0.833. The molecule has 0 aromatic heterocycles. The van der Waals surface area contributed by atoms with Crippen LogP contribution in [0.1, 0.15) is 59.8 Å². The molecule has 112 valence electrons. The third-order valence-corrected chi connectivity index (χ3v) is 6.39. The van der Waals surface area contributed by atoms with E-state index in [-0.39, 0.29) is 0 Å². The van der Waals surface area contributed by atoms with Crippen LogP contribution < -0.4 is 5.32 Å². The van der Waals surface area contributed by atoms with Gasteiger partial charge in [-0.25, -0.2) is 0 Å². The molecule has 1 unspecified atom stereocenters. The fourth-order valence-electron chi connectivity index (χ4n) is 3.15. The minimum atomic E-state index is -0.465. The van der Waals surface area contributed by atoms with Crippen LogP contribution >= 0.6 is 11.8 Å². The van der Waals surface area contributed by atoms with E-state index in [0.717, 1.165) is 32.2 Å². The van der Waals surface area contributed by atoms with Gasteiger partial charge in [-0.05, 0) is 48.7 Å². The summed E-state index contributed by atoms with van der Waals surface area (Å²) < 4.78 is 0. The highest BCUT2D eigenvalue weighted by molar-refractivity contribution is 7.99. The summed E-state index contributed by atoms with van der Waals surface area (Å²) in [7, 11) is 0. The van der Waals surface area contributed by atoms with Crippen LogP contribution in [-0.2, 0) is 0 Å². The van der Waals surface area contributed by atoms with Crippen molar-refractivity contribution < 1.29 is 5.11 Å². The van der Waals surface area contributed by atoms with E-state index in [0.29, 0.717) is 16.9 Å². The maximum Gasteiger partial charge on any atom is 0.0772 e. The summed E-state index contributed by atoms with van der Waals surface area (Å²) in [5, 5.41) is 14.4. The van der Waals surface area contributed by atoms with Crippen LogP contribution in [0.25, 0.3) is 0 Å². The first-order chi connectivity index (χ1) is 8.73. The highest BCUT2D eigenvalue weighted by Gasteiger charge is 2.39. The molecule has 1 aliphatic carbocycles. The zero-order chi connectivity index (χ0) is 14.1. The van der Waals surface area contributed by atoms with Crippen LogP contribution in [0.2, 0.25) is 0 Å². The van der Waals surface area contributed by atoms with Crippen molar-refractivity contribution in [3.8, 4) is 0 Å². The van der Waals surface area contributed by atoms with Crippen LogP contribution in [0, 0.1) is 10.8 Å². The fraction of sp³-hybridized carbons (Fsp3) is 1.00. The second kappa shape index (κ2) is 5.57. The minimum Gasteiger partial charge on any atom is -0.389 e. The third-order valence-electron chi connectivity index (χ3n) is 5.33. The van der Waals surface area contributed by atoms with E-state index < -0.39 is 5.60 Å². The largest absolute Gasteiger partial charge is 0.389 e. The molecule has 1 heterocycles. The van der Waals surface area contributed by atoms with Crippen molar-refractivity contribution in [1.29, 1.82) is 0 Å². The van der Waals surface area contributed by atoms with Crippen LogP contribution in [0.4, 0.5) is 0 Å². The van der Waals surface area contributed by atoms with Crippen molar-refractivity contribution in [2.75, 3.05) is 18.1 Å². The van der Waals surface area contributed by atoms with E-state index in [1.807, 2.05) is 11.8 Å². The van der Waals surface area contributed by atoms with Gasteiger partial charge in [-0.2, -0.15) is 11.8 Å². The number of nitrogens with one attached hydrogen (secondary N) is 1. The Kier molecular flexibility index (Phi) is 4.59. The van der Waals surface area contributed by atoms with Crippen LogP contribution in [0.5, 0.6) is 0 Å². The van der Waals surface area contributed by atoms with E-state index in [2.05, 4.69) is 33.0 Å². The predicted octanol–water partition coefficient (Wildman–Crippen LogP) is 3.44. The Morgan fingerprint density at radius 2 is 1.68 bits per heavy atom. The Hall–Kier alpha value is 0.270. The van der Waals surface area contributed by atoms with E-state index in [4.69, 9.17) is 0 Å². The number of hydrogen-bond donors (Lipinski definition) is 2. The normalized spacial score (nSPS) is 33.0. The molecule has 0 radical (unpaired) electrons. The molecule has 1 saturated heterocycles. The molecule has 1 atom stereocenters. The van der Waals surface area contributed by atoms with Gasteiger partial charge in [-0.15, -0.1) is 0 Å². The molecule has 0 aromatic rings. The average Bonchev–Trinajstić information content (AvgIpc) is 2.32.